The van der Waals surface area contributed by atoms with Crippen LogP contribution in [0.15, 0.2) is 18.2 Å². The summed E-state index contributed by atoms with van der Waals surface area (Å²) >= 11 is 6.26. The molecule has 2 aliphatic heterocycles. The number of para-hydroxylation sites is 1. The van der Waals surface area contributed by atoms with Crippen molar-refractivity contribution in [3.8, 4) is 0 Å². The zero-order chi connectivity index (χ0) is 14.6. The maximum Gasteiger partial charge on any atom is 0.201 e. The van der Waals surface area contributed by atoms with Crippen molar-refractivity contribution in [2.45, 2.75) is 50.2 Å². The number of aromatic nitrogens is 2. The molecule has 21 heavy (non-hydrogen) atoms. The van der Waals surface area contributed by atoms with Gasteiger partial charge in [-0.2, -0.15) is 0 Å². The molecule has 2 N–H and O–H groups in total. The third-order valence-electron chi connectivity index (χ3n) is 5.38. The van der Waals surface area contributed by atoms with E-state index in [-0.39, 0.29) is 0 Å². The smallest absolute Gasteiger partial charge is 0.201 e. The van der Waals surface area contributed by atoms with Crippen molar-refractivity contribution in [3.63, 3.8) is 0 Å². The van der Waals surface area contributed by atoms with Crippen LogP contribution in [0.4, 0.5) is 5.95 Å². The van der Waals surface area contributed by atoms with E-state index in [1.807, 2.05) is 12.1 Å². The van der Waals surface area contributed by atoms with Crippen LogP contribution >= 0.6 is 11.6 Å². The Morgan fingerprint density at radius 1 is 1.19 bits per heavy atom. The summed E-state index contributed by atoms with van der Waals surface area (Å²) in [5.41, 5.74) is 8.13. The minimum absolute atomic E-state index is 0.444. The fourth-order valence-electron chi connectivity index (χ4n) is 4.28. The third kappa shape index (κ3) is 2.04. The predicted molar refractivity (Wildman–Crippen MR) is 86.6 cm³/mol. The summed E-state index contributed by atoms with van der Waals surface area (Å²) in [5, 5.41) is 0.686. The Morgan fingerprint density at radius 3 is 2.62 bits per heavy atom. The minimum atomic E-state index is 0.444. The molecule has 5 heteroatoms. The molecule has 2 aliphatic rings. The lowest BCUT2D eigenvalue weighted by molar-refractivity contribution is 0.0415. The van der Waals surface area contributed by atoms with Crippen LogP contribution in [-0.2, 0) is 0 Å². The number of halogens is 1. The number of hydrogen-bond donors (Lipinski definition) is 1. The van der Waals surface area contributed by atoms with Crippen molar-refractivity contribution >= 4 is 28.6 Å². The quantitative estimate of drug-likeness (QED) is 0.877. The van der Waals surface area contributed by atoms with Crippen LogP contribution in [0.2, 0.25) is 5.02 Å². The first-order chi connectivity index (χ1) is 10.1. The molecule has 0 saturated carbocycles. The standard InChI is InChI=1S/C16H21ClN4/c1-20-10-4-2-5-11(20)9-12(8-10)21-14-7-3-6-13(17)15(14)19-16(21)18/h3,6-7,10-12H,2,4-5,8-9H2,1H3,(H2,18,19). The normalized spacial score (nSPS) is 29.9. The van der Waals surface area contributed by atoms with Crippen LogP contribution < -0.4 is 5.73 Å². The molecule has 0 amide bonds. The topological polar surface area (TPSA) is 47.1 Å². The number of benzene rings is 1. The Bertz CT molecular complexity index is 666. The van der Waals surface area contributed by atoms with Crippen LogP contribution in [0.3, 0.4) is 0 Å². The minimum Gasteiger partial charge on any atom is -0.369 e. The van der Waals surface area contributed by atoms with Crippen LogP contribution in [0.25, 0.3) is 11.0 Å². The van der Waals surface area contributed by atoms with Crippen LogP contribution in [0, 0.1) is 0 Å². The highest BCUT2D eigenvalue weighted by molar-refractivity contribution is 6.35. The van der Waals surface area contributed by atoms with E-state index in [9.17, 15) is 0 Å². The number of rotatable bonds is 1. The Labute approximate surface area is 129 Å². The molecular weight excluding hydrogens is 284 g/mol. The predicted octanol–water partition coefficient (Wildman–Crippen LogP) is 3.46. The highest BCUT2D eigenvalue weighted by Gasteiger charge is 2.37. The number of anilines is 1. The molecule has 2 aromatic rings. The van der Waals surface area contributed by atoms with Gasteiger partial charge in [-0.3, -0.25) is 0 Å². The van der Waals surface area contributed by atoms with Crippen molar-refractivity contribution in [2.24, 2.45) is 0 Å². The zero-order valence-electron chi connectivity index (χ0n) is 12.3. The number of nitrogens with zero attached hydrogens (tertiary/aromatic N) is 3. The molecule has 112 valence electrons. The fraction of sp³-hybridized carbons (Fsp3) is 0.562. The van der Waals surface area contributed by atoms with Crippen LogP contribution in [0.5, 0.6) is 0 Å². The SMILES string of the molecule is CN1C2CCCC1CC(n1c(N)nc3c(Cl)cccc31)C2. The van der Waals surface area contributed by atoms with E-state index in [4.69, 9.17) is 17.3 Å². The molecule has 4 nitrogen and oxygen atoms in total. The largest absolute Gasteiger partial charge is 0.369 e. The molecule has 0 spiro atoms. The Kier molecular flexibility index (Phi) is 3.12. The van der Waals surface area contributed by atoms with Gasteiger partial charge in [0, 0.05) is 18.1 Å². The summed E-state index contributed by atoms with van der Waals surface area (Å²) in [5.74, 6) is 0.603. The monoisotopic (exact) mass is 304 g/mol. The molecular formula is C16H21ClN4. The number of nitrogens with two attached hydrogens (primary N) is 1. The van der Waals surface area contributed by atoms with Gasteiger partial charge in [0.05, 0.1) is 10.5 Å². The lowest BCUT2D eigenvalue weighted by Crippen LogP contribution is -2.50. The molecule has 2 atom stereocenters. The van der Waals surface area contributed by atoms with Gasteiger partial charge >= 0.3 is 0 Å². The number of hydrogen-bond acceptors (Lipinski definition) is 3. The molecule has 1 aromatic carbocycles. The number of nitrogen functional groups attached to an aromatic ring is 1. The van der Waals surface area contributed by atoms with Gasteiger partial charge in [-0.1, -0.05) is 24.1 Å². The van der Waals surface area contributed by atoms with Crippen molar-refractivity contribution in [3.05, 3.63) is 23.2 Å². The van der Waals surface area contributed by atoms with Crippen LogP contribution in [0.1, 0.15) is 38.1 Å². The molecule has 2 saturated heterocycles. The molecule has 0 aliphatic carbocycles. The zero-order valence-corrected chi connectivity index (χ0v) is 13.1. The lowest BCUT2D eigenvalue weighted by Gasteiger charge is -2.47. The van der Waals surface area contributed by atoms with Crippen molar-refractivity contribution in [1.29, 1.82) is 0 Å². The van der Waals surface area contributed by atoms with Gasteiger partial charge in [0.15, 0.2) is 0 Å². The van der Waals surface area contributed by atoms with Gasteiger partial charge in [-0.25, -0.2) is 4.98 Å². The molecule has 3 heterocycles. The second-order valence-electron chi connectivity index (χ2n) is 6.48. The third-order valence-corrected chi connectivity index (χ3v) is 5.68. The van der Waals surface area contributed by atoms with E-state index in [0.29, 0.717) is 29.1 Å². The first-order valence-corrected chi connectivity index (χ1v) is 8.17. The Morgan fingerprint density at radius 2 is 1.90 bits per heavy atom. The number of fused-ring (bicyclic) bond motifs is 3. The maximum atomic E-state index is 6.26. The number of imidazole rings is 1. The van der Waals surface area contributed by atoms with Gasteiger partial charge in [-0.15, -0.1) is 0 Å². The molecule has 2 bridgehead atoms. The summed E-state index contributed by atoms with van der Waals surface area (Å²) in [4.78, 5) is 7.07. The molecule has 0 radical (unpaired) electrons. The summed E-state index contributed by atoms with van der Waals surface area (Å²) in [6, 6.07) is 7.75. The van der Waals surface area contributed by atoms with Crippen LogP contribution in [-0.4, -0.2) is 33.6 Å². The first kappa shape index (κ1) is 13.4. The van der Waals surface area contributed by atoms with E-state index >= 15 is 0 Å². The molecule has 2 unspecified atom stereocenters. The van der Waals surface area contributed by atoms with Gasteiger partial charge < -0.3 is 15.2 Å². The Hall–Kier alpha value is -1.26. The van der Waals surface area contributed by atoms with Crippen molar-refractivity contribution in [2.75, 3.05) is 12.8 Å². The highest BCUT2D eigenvalue weighted by Crippen LogP contribution is 2.40. The van der Waals surface area contributed by atoms with Crippen molar-refractivity contribution in [1.82, 2.24) is 14.5 Å². The van der Waals surface area contributed by atoms with E-state index in [0.717, 1.165) is 23.9 Å². The summed E-state index contributed by atoms with van der Waals surface area (Å²) in [6.07, 6.45) is 6.29. The lowest BCUT2D eigenvalue weighted by atomic mass is 9.82. The Balaban J connectivity index is 1.77. The first-order valence-electron chi connectivity index (χ1n) is 7.79. The molecule has 2 fully saturated rings. The van der Waals surface area contributed by atoms with Crippen molar-refractivity contribution < 1.29 is 0 Å². The summed E-state index contributed by atoms with van der Waals surface area (Å²) in [6.45, 7) is 0. The van der Waals surface area contributed by atoms with E-state index in [2.05, 4.69) is 27.6 Å². The maximum absolute atomic E-state index is 6.26. The highest BCUT2D eigenvalue weighted by atomic mass is 35.5. The second kappa shape index (κ2) is 4.89. The van der Waals surface area contributed by atoms with Gasteiger partial charge in [-0.05, 0) is 44.9 Å². The van der Waals surface area contributed by atoms with E-state index < -0.39 is 0 Å². The van der Waals surface area contributed by atoms with Gasteiger partial charge in [0.2, 0.25) is 5.95 Å². The van der Waals surface area contributed by atoms with Gasteiger partial charge in [0.25, 0.3) is 0 Å². The summed E-state index contributed by atoms with van der Waals surface area (Å²) < 4.78 is 2.22. The number of piperidine rings is 2. The molecule has 4 rings (SSSR count). The average Bonchev–Trinajstić information content (AvgIpc) is 2.77. The summed E-state index contributed by atoms with van der Waals surface area (Å²) in [7, 11) is 2.27. The molecule has 1 aromatic heterocycles. The average molecular weight is 305 g/mol. The van der Waals surface area contributed by atoms with E-state index in [1.165, 1.54) is 19.3 Å². The van der Waals surface area contributed by atoms with Gasteiger partial charge in [0.1, 0.15) is 5.52 Å². The van der Waals surface area contributed by atoms with E-state index in [1.54, 1.807) is 0 Å². The fourth-order valence-corrected chi connectivity index (χ4v) is 4.49. The second-order valence-corrected chi connectivity index (χ2v) is 6.88.